The van der Waals surface area contributed by atoms with Gasteiger partial charge in [-0.2, -0.15) is 0 Å². The zero-order chi connectivity index (χ0) is 18.7. The van der Waals surface area contributed by atoms with Gasteiger partial charge in [-0.25, -0.2) is 0 Å². The van der Waals surface area contributed by atoms with Crippen LogP contribution in [0.5, 0.6) is 0 Å². The first-order chi connectivity index (χ1) is 11.2. The molecule has 0 atom stereocenters. The van der Waals surface area contributed by atoms with Crippen LogP contribution in [0.2, 0.25) is 0 Å². The number of hydrogen-bond acceptors (Lipinski definition) is 7. The summed E-state index contributed by atoms with van der Waals surface area (Å²) in [5.74, 6) is -2.77. The highest BCUT2D eigenvalue weighted by Gasteiger charge is 2.70. The molecule has 0 aromatic heterocycles. The monoisotopic (exact) mass is 368 g/mol. The van der Waals surface area contributed by atoms with E-state index in [9.17, 15) is 20.4 Å². The summed E-state index contributed by atoms with van der Waals surface area (Å²) in [6, 6.07) is 0. The lowest BCUT2D eigenvalue weighted by Gasteiger charge is -2.43. The van der Waals surface area contributed by atoms with E-state index in [1.54, 1.807) is 20.8 Å². The molecule has 0 bridgehead atoms. The first kappa shape index (κ1) is 23.9. The van der Waals surface area contributed by atoms with Crippen molar-refractivity contribution in [3.05, 3.63) is 0 Å². The van der Waals surface area contributed by atoms with Gasteiger partial charge in [0.15, 0.2) is 0 Å². The Hall–Kier alpha value is -0.0631. The summed E-state index contributed by atoms with van der Waals surface area (Å²) in [4.78, 5) is 0. The van der Waals surface area contributed by atoms with Crippen LogP contribution in [-0.2, 0) is 13.3 Å². The smallest absolute Gasteiger partial charge is 0.371 e. The second-order valence-corrected chi connectivity index (χ2v) is 8.54. The lowest BCUT2D eigenvalue weighted by molar-refractivity contribution is -0.342. The van der Waals surface area contributed by atoms with Crippen LogP contribution in [0.15, 0.2) is 0 Å². The molecule has 8 heteroatoms. The maximum absolute atomic E-state index is 10.5. The fraction of sp³-hybridized carbons (Fsp3) is 1.00. The molecular weight excluding hydrogens is 332 g/mol. The molecule has 0 aliphatic carbocycles. The molecule has 4 N–H and O–H groups in total. The predicted molar refractivity (Wildman–Crippen MR) is 93.0 cm³/mol. The van der Waals surface area contributed by atoms with Crippen molar-refractivity contribution in [1.29, 1.82) is 0 Å². The van der Waals surface area contributed by atoms with Crippen molar-refractivity contribution in [2.45, 2.75) is 83.8 Å². The SMILES string of the molecule is CCCCCCCCC(O)(O)C(O)(O)[Si](OCC)(OCC)OCC. The minimum absolute atomic E-state index is 0.0994. The van der Waals surface area contributed by atoms with E-state index >= 15 is 0 Å². The van der Waals surface area contributed by atoms with Gasteiger partial charge in [-0.05, 0) is 27.2 Å². The number of hydrogen-bond donors (Lipinski definition) is 4. The molecule has 24 heavy (non-hydrogen) atoms. The van der Waals surface area contributed by atoms with Gasteiger partial charge in [0, 0.05) is 26.2 Å². The van der Waals surface area contributed by atoms with E-state index in [0.717, 1.165) is 32.1 Å². The molecule has 0 amide bonds. The summed E-state index contributed by atoms with van der Waals surface area (Å²) in [6.45, 7) is 7.38. The minimum Gasteiger partial charge on any atom is -0.371 e. The molecule has 0 spiro atoms. The first-order valence-electron chi connectivity index (χ1n) is 9.05. The molecule has 0 saturated heterocycles. The van der Waals surface area contributed by atoms with Gasteiger partial charge in [0.2, 0.25) is 5.79 Å². The second kappa shape index (κ2) is 11.5. The minimum atomic E-state index is -4.13. The topological polar surface area (TPSA) is 109 Å². The van der Waals surface area contributed by atoms with Gasteiger partial charge in [-0.15, -0.1) is 0 Å². The van der Waals surface area contributed by atoms with E-state index in [0.29, 0.717) is 6.42 Å². The molecular formula is C16H36O7Si. The van der Waals surface area contributed by atoms with Crippen molar-refractivity contribution >= 4 is 8.80 Å². The van der Waals surface area contributed by atoms with Crippen LogP contribution in [0.25, 0.3) is 0 Å². The zero-order valence-electron chi connectivity index (χ0n) is 15.6. The van der Waals surface area contributed by atoms with Crippen LogP contribution in [0.3, 0.4) is 0 Å². The standard InChI is InChI=1S/C16H36O7Si/c1-5-9-10-11-12-13-14-15(17,18)16(19,20)24(21-6-2,22-7-3)23-8-4/h17-20H,5-14H2,1-4H3. The fourth-order valence-electron chi connectivity index (χ4n) is 2.57. The van der Waals surface area contributed by atoms with Crippen molar-refractivity contribution < 1.29 is 33.7 Å². The van der Waals surface area contributed by atoms with Crippen LogP contribution in [0.1, 0.15) is 72.6 Å². The van der Waals surface area contributed by atoms with E-state index < -0.39 is 20.0 Å². The van der Waals surface area contributed by atoms with E-state index in [4.69, 9.17) is 13.3 Å². The molecule has 0 saturated carbocycles. The average Bonchev–Trinajstić information content (AvgIpc) is 2.51. The van der Waals surface area contributed by atoms with E-state index in [-0.39, 0.29) is 26.2 Å². The Morgan fingerprint density at radius 2 is 1.08 bits per heavy atom. The highest BCUT2D eigenvalue weighted by atomic mass is 28.4. The molecule has 7 nitrogen and oxygen atoms in total. The highest BCUT2D eigenvalue weighted by molar-refractivity contribution is 6.63. The lowest BCUT2D eigenvalue weighted by Crippen LogP contribution is -2.75. The van der Waals surface area contributed by atoms with Crippen molar-refractivity contribution in [2.75, 3.05) is 19.8 Å². The van der Waals surface area contributed by atoms with Crippen molar-refractivity contribution in [1.82, 2.24) is 0 Å². The molecule has 0 aromatic rings. The van der Waals surface area contributed by atoms with Crippen LogP contribution in [-0.4, -0.2) is 60.2 Å². The fourth-order valence-corrected chi connectivity index (χ4v) is 5.18. The van der Waals surface area contributed by atoms with E-state index in [1.807, 2.05) is 0 Å². The van der Waals surface area contributed by atoms with E-state index in [1.165, 1.54) is 0 Å². The normalized spacial score (nSPS) is 13.5. The Kier molecular flexibility index (Phi) is 11.5. The highest BCUT2D eigenvalue weighted by Crippen LogP contribution is 2.34. The van der Waals surface area contributed by atoms with Crippen LogP contribution < -0.4 is 0 Å². The summed E-state index contributed by atoms with van der Waals surface area (Å²) in [7, 11) is -4.13. The third-order valence-corrected chi connectivity index (χ3v) is 7.13. The molecule has 146 valence electrons. The third-order valence-electron chi connectivity index (χ3n) is 3.87. The van der Waals surface area contributed by atoms with Crippen LogP contribution in [0, 0.1) is 0 Å². The van der Waals surface area contributed by atoms with E-state index in [2.05, 4.69) is 6.92 Å². The van der Waals surface area contributed by atoms with Crippen molar-refractivity contribution in [2.24, 2.45) is 0 Å². The molecule has 0 radical (unpaired) electrons. The largest absolute Gasteiger partial charge is 0.569 e. The Bertz CT molecular complexity index is 307. The third kappa shape index (κ3) is 6.34. The second-order valence-electron chi connectivity index (χ2n) is 5.86. The van der Waals surface area contributed by atoms with Gasteiger partial charge in [0.1, 0.15) is 0 Å². The Morgan fingerprint density at radius 1 is 0.667 bits per heavy atom. The Morgan fingerprint density at radius 3 is 1.50 bits per heavy atom. The summed E-state index contributed by atoms with van der Waals surface area (Å²) >= 11 is 0. The van der Waals surface area contributed by atoms with Gasteiger partial charge in [-0.1, -0.05) is 39.0 Å². The molecule has 0 heterocycles. The summed E-state index contributed by atoms with van der Waals surface area (Å²) in [6.07, 6.45) is 5.36. The zero-order valence-corrected chi connectivity index (χ0v) is 16.6. The quantitative estimate of drug-likeness (QED) is 0.198. The summed E-state index contributed by atoms with van der Waals surface area (Å²) < 4.78 is 16.2. The molecule has 0 aliphatic heterocycles. The van der Waals surface area contributed by atoms with Gasteiger partial charge < -0.3 is 33.7 Å². The maximum atomic E-state index is 10.5. The molecule has 0 aromatic carbocycles. The van der Waals surface area contributed by atoms with Crippen LogP contribution >= 0.6 is 0 Å². The maximum Gasteiger partial charge on any atom is 0.569 e. The van der Waals surface area contributed by atoms with Crippen molar-refractivity contribution in [3.8, 4) is 0 Å². The van der Waals surface area contributed by atoms with Gasteiger partial charge in [0.05, 0.1) is 0 Å². The molecule has 0 unspecified atom stereocenters. The van der Waals surface area contributed by atoms with Gasteiger partial charge in [-0.3, -0.25) is 0 Å². The van der Waals surface area contributed by atoms with Gasteiger partial charge in [0.25, 0.3) is 5.41 Å². The predicted octanol–water partition coefficient (Wildman–Crippen LogP) is 1.69. The average molecular weight is 369 g/mol. The Balaban J connectivity index is 5.01. The molecule has 0 rings (SSSR count). The number of unbranched alkanes of at least 4 members (excludes halogenated alkanes) is 5. The Labute approximate surface area is 146 Å². The first-order valence-corrected chi connectivity index (χ1v) is 10.8. The summed E-state index contributed by atoms with van der Waals surface area (Å²) in [5.41, 5.74) is -3.01. The summed E-state index contributed by atoms with van der Waals surface area (Å²) in [5, 5.41) is 41.7. The molecule has 0 aliphatic rings. The number of rotatable bonds is 15. The molecule has 0 fully saturated rings. The van der Waals surface area contributed by atoms with Crippen molar-refractivity contribution in [3.63, 3.8) is 0 Å². The lowest BCUT2D eigenvalue weighted by atomic mass is 10.0. The van der Waals surface area contributed by atoms with Gasteiger partial charge >= 0.3 is 8.80 Å². The van der Waals surface area contributed by atoms with Crippen LogP contribution in [0.4, 0.5) is 0 Å². The number of aliphatic hydroxyl groups is 4.